The van der Waals surface area contributed by atoms with Crippen molar-refractivity contribution in [2.24, 2.45) is 17.8 Å². The van der Waals surface area contributed by atoms with Crippen molar-refractivity contribution in [1.29, 1.82) is 0 Å². The van der Waals surface area contributed by atoms with Crippen LogP contribution in [0.4, 0.5) is 0 Å². The lowest BCUT2D eigenvalue weighted by molar-refractivity contribution is -0.139. The van der Waals surface area contributed by atoms with E-state index in [4.69, 9.17) is 5.11 Å². The molecule has 3 atom stereocenters. The molecular weight excluding hydrogens is 152 g/mol. The zero-order chi connectivity index (χ0) is 8.55. The topological polar surface area (TPSA) is 37.3 Å². The summed E-state index contributed by atoms with van der Waals surface area (Å²) in [5, 5.41) is 8.69. The Morgan fingerprint density at radius 2 is 2.08 bits per heavy atom. The first kappa shape index (κ1) is 8.09. The van der Waals surface area contributed by atoms with Gasteiger partial charge in [-0.25, -0.2) is 0 Å². The summed E-state index contributed by atoms with van der Waals surface area (Å²) in [5.41, 5.74) is 0. The van der Waals surface area contributed by atoms with E-state index in [1.807, 2.05) is 0 Å². The molecule has 2 fully saturated rings. The van der Waals surface area contributed by atoms with Crippen LogP contribution in [-0.4, -0.2) is 11.1 Å². The third kappa shape index (κ3) is 1.35. The van der Waals surface area contributed by atoms with E-state index < -0.39 is 5.97 Å². The molecule has 0 saturated heterocycles. The summed E-state index contributed by atoms with van der Waals surface area (Å²) in [6.45, 7) is 0. The van der Waals surface area contributed by atoms with Crippen molar-refractivity contribution < 1.29 is 9.90 Å². The molecule has 0 bridgehead atoms. The summed E-state index contributed by atoms with van der Waals surface area (Å²) in [5.74, 6) is 1.57. The monoisotopic (exact) mass is 168 g/mol. The maximum absolute atomic E-state index is 10.5. The molecule has 1 N–H and O–H groups in total. The van der Waals surface area contributed by atoms with E-state index in [9.17, 15) is 4.79 Å². The van der Waals surface area contributed by atoms with E-state index in [0.717, 1.165) is 18.3 Å². The summed E-state index contributed by atoms with van der Waals surface area (Å²) in [4.78, 5) is 10.5. The van der Waals surface area contributed by atoms with Crippen LogP contribution in [0, 0.1) is 17.8 Å². The molecule has 0 radical (unpaired) electrons. The largest absolute Gasteiger partial charge is 0.481 e. The number of rotatable bonds is 2. The SMILES string of the molecule is O=C(O)CC1CCCC2CCC21. The molecule has 2 rings (SSSR count). The molecule has 68 valence electrons. The molecular formula is C10H16O2. The molecule has 2 saturated carbocycles. The minimum Gasteiger partial charge on any atom is -0.481 e. The fraction of sp³-hybridized carbons (Fsp3) is 0.900. The second kappa shape index (κ2) is 3.08. The van der Waals surface area contributed by atoms with E-state index in [2.05, 4.69) is 0 Å². The standard InChI is InChI=1S/C10H16O2/c11-10(12)6-8-3-1-2-7-4-5-9(7)8/h7-9H,1-6H2,(H,11,12). The first-order valence-corrected chi connectivity index (χ1v) is 4.99. The first-order valence-electron chi connectivity index (χ1n) is 4.99. The predicted octanol–water partition coefficient (Wildman–Crippen LogP) is 2.29. The van der Waals surface area contributed by atoms with Gasteiger partial charge >= 0.3 is 5.97 Å². The Morgan fingerprint density at radius 1 is 1.25 bits per heavy atom. The highest BCUT2D eigenvalue weighted by Gasteiger charge is 2.39. The second-order valence-corrected chi connectivity index (χ2v) is 4.29. The molecule has 2 heteroatoms. The molecule has 12 heavy (non-hydrogen) atoms. The Labute approximate surface area is 73.0 Å². The van der Waals surface area contributed by atoms with Crippen molar-refractivity contribution in [3.05, 3.63) is 0 Å². The number of hydrogen-bond donors (Lipinski definition) is 1. The van der Waals surface area contributed by atoms with Gasteiger partial charge in [0.2, 0.25) is 0 Å². The molecule has 0 aromatic heterocycles. The fourth-order valence-electron chi connectivity index (χ4n) is 2.91. The average molecular weight is 168 g/mol. The Kier molecular flexibility index (Phi) is 2.07. The van der Waals surface area contributed by atoms with Crippen molar-refractivity contribution in [2.75, 3.05) is 0 Å². The van der Waals surface area contributed by atoms with E-state index in [1.165, 1.54) is 25.7 Å². The second-order valence-electron chi connectivity index (χ2n) is 4.29. The van der Waals surface area contributed by atoms with Crippen molar-refractivity contribution >= 4 is 5.97 Å². The quantitative estimate of drug-likeness (QED) is 0.686. The molecule has 2 aliphatic rings. The lowest BCUT2D eigenvalue weighted by Crippen LogP contribution is -2.37. The minimum absolute atomic E-state index is 0.418. The van der Waals surface area contributed by atoms with E-state index in [0.29, 0.717) is 12.3 Å². The summed E-state index contributed by atoms with van der Waals surface area (Å²) in [7, 11) is 0. The van der Waals surface area contributed by atoms with Crippen LogP contribution < -0.4 is 0 Å². The van der Waals surface area contributed by atoms with Gasteiger partial charge in [0.25, 0.3) is 0 Å². The summed E-state index contributed by atoms with van der Waals surface area (Å²) >= 11 is 0. The van der Waals surface area contributed by atoms with Gasteiger partial charge in [-0.1, -0.05) is 12.8 Å². The van der Waals surface area contributed by atoms with Crippen LogP contribution >= 0.6 is 0 Å². The van der Waals surface area contributed by atoms with Crippen molar-refractivity contribution in [3.8, 4) is 0 Å². The average Bonchev–Trinajstić information content (AvgIpc) is 1.91. The normalized spacial score (nSPS) is 39.8. The minimum atomic E-state index is -0.604. The van der Waals surface area contributed by atoms with Crippen LogP contribution in [0.5, 0.6) is 0 Å². The molecule has 0 aromatic carbocycles. The van der Waals surface area contributed by atoms with Gasteiger partial charge in [-0.05, 0) is 37.0 Å². The maximum atomic E-state index is 10.5. The highest BCUT2D eigenvalue weighted by Crippen LogP contribution is 2.49. The van der Waals surface area contributed by atoms with Gasteiger partial charge in [0.15, 0.2) is 0 Å². The number of aliphatic carboxylic acids is 1. The number of carboxylic acid groups (broad SMARTS) is 1. The van der Waals surface area contributed by atoms with Crippen molar-refractivity contribution in [1.82, 2.24) is 0 Å². The molecule has 0 amide bonds. The van der Waals surface area contributed by atoms with Gasteiger partial charge in [-0.15, -0.1) is 0 Å². The third-order valence-corrected chi connectivity index (χ3v) is 3.67. The van der Waals surface area contributed by atoms with E-state index in [-0.39, 0.29) is 0 Å². The lowest BCUT2D eigenvalue weighted by Gasteiger charge is -2.45. The lowest BCUT2D eigenvalue weighted by atomic mass is 9.60. The van der Waals surface area contributed by atoms with Gasteiger partial charge in [0.05, 0.1) is 0 Å². The van der Waals surface area contributed by atoms with Crippen molar-refractivity contribution in [2.45, 2.75) is 38.5 Å². The number of fused-ring (bicyclic) bond motifs is 1. The highest BCUT2D eigenvalue weighted by molar-refractivity contribution is 5.67. The molecule has 2 aliphatic carbocycles. The van der Waals surface area contributed by atoms with Crippen LogP contribution in [0.15, 0.2) is 0 Å². The summed E-state index contributed by atoms with van der Waals surface area (Å²) in [6.07, 6.45) is 6.86. The van der Waals surface area contributed by atoms with Crippen LogP contribution in [0.3, 0.4) is 0 Å². The van der Waals surface area contributed by atoms with Crippen LogP contribution in [0.2, 0.25) is 0 Å². The van der Waals surface area contributed by atoms with Crippen LogP contribution in [0.1, 0.15) is 38.5 Å². The first-order chi connectivity index (χ1) is 5.77. The summed E-state index contributed by atoms with van der Waals surface area (Å²) < 4.78 is 0. The number of carboxylic acids is 1. The predicted molar refractivity (Wildman–Crippen MR) is 45.8 cm³/mol. The molecule has 0 spiro atoms. The number of carbonyl (C=O) groups is 1. The van der Waals surface area contributed by atoms with Gasteiger partial charge in [-0.2, -0.15) is 0 Å². The molecule has 0 heterocycles. The Bertz CT molecular complexity index is 188. The van der Waals surface area contributed by atoms with Gasteiger partial charge in [0.1, 0.15) is 0 Å². The molecule has 0 aromatic rings. The third-order valence-electron chi connectivity index (χ3n) is 3.67. The van der Waals surface area contributed by atoms with Crippen LogP contribution in [-0.2, 0) is 4.79 Å². The van der Waals surface area contributed by atoms with Gasteiger partial charge in [-0.3, -0.25) is 4.79 Å². The Morgan fingerprint density at radius 3 is 2.67 bits per heavy atom. The Hall–Kier alpha value is -0.530. The van der Waals surface area contributed by atoms with E-state index in [1.54, 1.807) is 0 Å². The summed E-state index contributed by atoms with van der Waals surface area (Å²) in [6, 6.07) is 0. The zero-order valence-corrected chi connectivity index (χ0v) is 7.33. The zero-order valence-electron chi connectivity index (χ0n) is 7.33. The van der Waals surface area contributed by atoms with E-state index >= 15 is 0 Å². The van der Waals surface area contributed by atoms with Gasteiger partial charge < -0.3 is 5.11 Å². The highest BCUT2D eigenvalue weighted by atomic mass is 16.4. The van der Waals surface area contributed by atoms with Crippen molar-refractivity contribution in [3.63, 3.8) is 0 Å². The molecule has 2 nitrogen and oxygen atoms in total. The number of hydrogen-bond acceptors (Lipinski definition) is 1. The fourth-order valence-corrected chi connectivity index (χ4v) is 2.91. The maximum Gasteiger partial charge on any atom is 0.303 e. The molecule has 3 unspecified atom stereocenters. The smallest absolute Gasteiger partial charge is 0.303 e. The van der Waals surface area contributed by atoms with Gasteiger partial charge in [0, 0.05) is 6.42 Å². The Balaban J connectivity index is 1.91. The van der Waals surface area contributed by atoms with Crippen LogP contribution in [0.25, 0.3) is 0 Å². The molecule has 0 aliphatic heterocycles.